The van der Waals surface area contributed by atoms with Gasteiger partial charge in [-0.15, -0.1) is 0 Å². The van der Waals surface area contributed by atoms with Crippen molar-refractivity contribution >= 4 is 5.71 Å². The van der Waals surface area contributed by atoms with E-state index in [4.69, 9.17) is 0 Å². The molecule has 0 N–H and O–H groups in total. The summed E-state index contributed by atoms with van der Waals surface area (Å²) in [7, 11) is 0. The largest absolute Gasteiger partial charge is 0.290 e. The van der Waals surface area contributed by atoms with E-state index in [0.29, 0.717) is 0 Å². The van der Waals surface area contributed by atoms with Crippen LogP contribution >= 0.6 is 0 Å². The van der Waals surface area contributed by atoms with Crippen LogP contribution in [0, 0.1) is 0 Å². The summed E-state index contributed by atoms with van der Waals surface area (Å²) < 4.78 is 0. The fourth-order valence-corrected chi connectivity index (χ4v) is 1.82. The van der Waals surface area contributed by atoms with E-state index in [1.165, 1.54) is 36.8 Å². The molecule has 1 nitrogen and oxygen atoms in total. The minimum absolute atomic E-state index is 0.865. The van der Waals surface area contributed by atoms with Gasteiger partial charge in [0.2, 0.25) is 0 Å². The van der Waals surface area contributed by atoms with Gasteiger partial charge in [0.05, 0.1) is 0 Å². The minimum atomic E-state index is 0.865. The Bertz CT molecular complexity index is 322. The van der Waals surface area contributed by atoms with Gasteiger partial charge >= 0.3 is 0 Å². The highest BCUT2D eigenvalue weighted by atomic mass is 14.7. The molecule has 0 aliphatic heterocycles. The predicted molar refractivity (Wildman–Crippen MR) is 72.4 cm³/mol. The number of benzene rings is 1. The lowest BCUT2D eigenvalue weighted by atomic mass is 10.0. The average Bonchev–Trinajstić information content (AvgIpc) is 2.30. The number of rotatable bonds is 6. The van der Waals surface area contributed by atoms with Gasteiger partial charge in [0.1, 0.15) is 0 Å². The summed E-state index contributed by atoms with van der Waals surface area (Å²) in [4.78, 5) is 4.42. The van der Waals surface area contributed by atoms with Crippen molar-refractivity contribution < 1.29 is 0 Å². The monoisotopic (exact) mass is 217 g/mol. The first-order valence-corrected chi connectivity index (χ1v) is 6.38. The highest BCUT2D eigenvalue weighted by Crippen LogP contribution is 2.09. The van der Waals surface area contributed by atoms with E-state index < -0.39 is 0 Å². The highest BCUT2D eigenvalue weighted by Gasteiger charge is 1.97. The Labute approximate surface area is 99.6 Å². The minimum Gasteiger partial charge on any atom is -0.290 e. The molecule has 1 rings (SSSR count). The van der Waals surface area contributed by atoms with Gasteiger partial charge in [-0.3, -0.25) is 4.99 Å². The molecular formula is C15H23N. The van der Waals surface area contributed by atoms with Gasteiger partial charge in [0.25, 0.3) is 0 Å². The van der Waals surface area contributed by atoms with Crippen LogP contribution in [0.15, 0.2) is 29.3 Å². The van der Waals surface area contributed by atoms with Crippen LogP contribution in [0.1, 0.15) is 51.2 Å². The number of aryl methyl sites for hydroxylation is 1. The molecular weight excluding hydrogens is 194 g/mol. The molecule has 0 aliphatic carbocycles. The Morgan fingerprint density at radius 2 is 1.75 bits per heavy atom. The van der Waals surface area contributed by atoms with Crippen molar-refractivity contribution in [2.75, 3.05) is 6.54 Å². The van der Waals surface area contributed by atoms with Gasteiger partial charge in [-0.25, -0.2) is 0 Å². The van der Waals surface area contributed by atoms with Crippen LogP contribution in [0.5, 0.6) is 0 Å². The lowest BCUT2D eigenvalue weighted by molar-refractivity contribution is 0.717. The Hall–Kier alpha value is -1.11. The summed E-state index contributed by atoms with van der Waals surface area (Å²) in [5, 5.41) is 0. The summed E-state index contributed by atoms with van der Waals surface area (Å²) in [6.07, 6.45) is 5.13. The van der Waals surface area contributed by atoms with Gasteiger partial charge in [-0.1, -0.05) is 44.0 Å². The first kappa shape index (κ1) is 13.0. The van der Waals surface area contributed by atoms with Crippen molar-refractivity contribution in [2.24, 2.45) is 4.99 Å². The highest BCUT2D eigenvalue weighted by molar-refractivity contribution is 5.98. The SMILES string of the molecule is CCCCCc1ccc(/C(C)=N/CC)cc1. The average molecular weight is 217 g/mol. The lowest BCUT2D eigenvalue weighted by Crippen LogP contribution is -1.96. The van der Waals surface area contributed by atoms with E-state index in [1.54, 1.807) is 0 Å². The first-order chi connectivity index (χ1) is 7.77. The second kappa shape index (κ2) is 7.21. The van der Waals surface area contributed by atoms with Crippen LogP contribution in [-0.4, -0.2) is 12.3 Å². The van der Waals surface area contributed by atoms with Crippen molar-refractivity contribution in [3.63, 3.8) is 0 Å². The molecule has 88 valence electrons. The molecule has 0 unspecified atom stereocenters. The van der Waals surface area contributed by atoms with Crippen molar-refractivity contribution in [3.05, 3.63) is 35.4 Å². The molecule has 0 aliphatic rings. The summed E-state index contributed by atoms with van der Waals surface area (Å²) in [6, 6.07) is 8.85. The molecule has 0 amide bonds. The molecule has 1 aromatic rings. The molecule has 0 aromatic heterocycles. The van der Waals surface area contributed by atoms with Crippen molar-refractivity contribution in [2.45, 2.75) is 46.5 Å². The maximum Gasteiger partial charge on any atom is 0.0389 e. The standard InChI is InChI=1S/C15H23N/c1-4-6-7-8-14-9-11-15(12-10-14)13(3)16-5-2/h9-12H,4-8H2,1-3H3/b16-13+. The summed E-state index contributed by atoms with van der Waals surface area (Å²) in [5.74, 6) is 0. The topological polar surface area (TPSA) is 12.4 Å². The van der Waals surface area contributed by atoms with Gasteiger partial charge in [0, 0.05) is 12.3 Å². The van der Waals surface area contributed by atoms with Crippen molar-refractivity contribution in [1.82, 2.24) is 0 Å². The van der Waals surface area contributed by atoms with E-state index in [2.05, 4.69) is 50.0 Å². The molecule has 0 heterocycles. The molecule has 0 bridgehead atoms. The lowest BCUT2D eigenvalue weighted by Gasteiger charge is -2.03. The van der Waals surface area contributed by atoms with Crippen LogP contribution in [0.3, 0.4) is 0 Å². The maximum absolute atomic E-state index is 4.42. The molecule has 0 saturated heterocycles. The van der Waals surface area contributed by atoms with Gasteiger partial charge < -0.3 is 0 Å². The summed E-state index contributed by atoms with van der Waals surface area (Å²) in [6.45, 7) is 7.26. The van der Waals surface area contributed by atoms with Gasteiger partial charge in [-0.05, 0) is 37.8 Å². The quantitative estimate of drug-likeness (QED) is 0.499. The van der Waals surface area contributed by atoms with Gasteiger partial charge in [-0.2, -0.15) is 0 Å². The van der Waals surface area contributed by atoms with E-state index in [9.17, 15) is 0 Å². The number of aliphatic imine (C=N–C) groups is 1. The zero-order valence-corrected chi connectivity index (χ0v) is 10.8. The Kier molecular flexibility index (Phi) is 5.84. The molecule has 16 heavy (non-hydrogen) atoms. The van der Waals surface area contributed by atoms with Crippen LogP contribution in [0.25, 0.3) is 0 Å². The zero-order chi connectivity index (χ0) is 11.8. The molecule has 1 aromatic carbocycles. The van der Waals surface area contributed by atoms with E-state index in [-0.39, 0.29) is 0 Å². The second-order valence-corrected chi connectivity index (χ2v) is 4.21. The van der Waals surface area contributed by atoms with E-state index >= 15 is 0 Å². The van der Waals surface area contributed by atoms with E-state index in [0.717, 1.165) is 12.3 Å². The van der Waals surface area contributed by atoms with Crippen LogP contribution in [0.4, 0.5) is 0 Å². The van der Waals surface area contributed by atoms with Crippen LogP contribution in [0.2, 0.25) is 0 Å². The molecule has 0 fully saturated rings. The van der Waals surface area contributed by atoms with Gasteiger partial charge in [0.15, 0.2) is 0 Å². The predicted octanol–water partition coefficient (Wildman–Crippen LogP) is 4.25. The number of unbranched alkanes of at least 4 members (excludes halogenated alkanes) is 2. The normalized spacial score (nSPS) is 11.8. The summed E-state index contributed by atoms with van der Waals surface area (Å²) in [5.41, 5.74) is 3.84. The molecule has 0 spiro atoms. The Balaban J connectivity index is 2.57. The third-order valence-corrected chi connectivity index (χ3v) is 2.84. The summed E-state index contributed by atoms with van der Waals surface area (Å²) >= 11 is 0. The van der Waals surface area contributed by atoms with E-state index in [1.807, 2.05) is 0 Å². The number of hydrogen-bond donors (Lipinski definition) is 0. The fraction of sp³-hybridized carbons (Fsp3) is 0.533. The fourth-order valence-electron chi connectivity index (χ4n) is 1.82. The molecule has 0 atom stereocenters. The van der Waals surface area contributed by atoms with Crippen molar-refractivity contribution in [3.8, 4) is 0 Å². The molecule has 1 heteroatoms. The third-order valence-electron chi connectivity index (χ3n) is 2.84. The first-order valence-electron chi connectivity index (χ1n) is 6.38. The zero-order valence-electron chi connectivity index (χ0n) is 10.8. The number of nitrogens with zero attached hydrogens (tertiary/aromatic N) is 1. The van der Waals surface area contributed by atoms with Crippen LogP contribution in [-0.2, 0) is 6.42 Å². The molecule has 0 saturated carbocycles. The van der Waals surface area contributed by atoms with Crippen molar-refractivity contribution in [1.29, 1.82) is 0 Å². The smallest absolute Gasteiger partial charge is 0.0389 e. The Morgan fingerprint density at radius 3 is 2.31 bits per heavy atom. The number of hydrogen-bond acceptors (Lipinski definition) is 1. The maximum atomic E-state index is 4.42. The third kappa shape index (κ3) is 4.18. The van der Waals surface area contributed by atoms with Crippen LogP contribution < -0.4 is 0 Å². The second-order valence-electron chi connectivity index (χ2n) is 4.21. The molecule has 0 radical (unpaired) electrons. The Morgan fingerprint density at radius 1 is 1.06 bits per heavy atom.